The molecule has 2 rings (SSSR count). The van der Waals surface area contributed by atoms with Gasteiger partial charge in [-0.15, -0.1) is 0 Å². The molecule has 0 unspecified atom stereocenters. The van der Waals surface area contributed by atoms with Gasteiger partial charge in [-0.1, -0.05) is 0 Å². The van der Waals surface area contributed by atoms with Gasteiger partial charge in [0.1, 0.15) is 5.75 Å². The Morgan fingerprint density at radius 1 is 1.17 bits per heavy atom. The Bertz CT molecular complexity index is 611. The number of carbonyl (C=O) groups excluding carboxylic acids is 2. The number of rotatable bonds is 5. The van der Waals surface area contributed by atoms with Crippen molar-refractivity contribution in [1.29, 1.82) is 5.26 Å². The van der Waals surface area contributed by atoms with Gasteiger partial charge in [-0.05, 0) is 57.4 Å². The summed E-state index contributed by atoms with van der Waals surface area (Å²) in [5.41, 5.74) is 0.514. The highest BCUT2D eigenvalue weighted by Gasteiger charge is 2.29. The number of nitriles is 1. The third-order valence-corrected chi connectivity index (χ3v) is 4.18. The first-order valence-corrected chi connectivity index (χ1v) is 8.11. The van der Waals surface area contributed by atoms with Crippen LogP contribution in [0.25, 0.3) is 0 Å². The maximum absolute atomic E-state index is 12.2. The molecule has 0 aromatic heterocycles. The molecule has 6 nitrogen and oxygen atoms in total. The van der Waals surface area contributed by atoms with E-state index in [1.165, 1.54) is 0 Å². The van der Waals surface area contributed by atoms with Crippen LogP contribution in [0.4, 0.5) is 0 Å². The molecule has 6 heteroatoms. The molecule has 0 saturated carbocycles. The molecule has 1 fully saturated rings. The largest absolute Gasteiger partial charge is 0.482 e. The lowest BCUT2D eigenvalue weighted by Crippen LogP contribution is -2.49. The van der Waals surface area contributed by atoms with E-state index >= 15 is 0 Å². The maximum atomic E-state index is 12.2. The standard InChI is InChI=1S/C18H22N2O4/c1-13-4-3-5-14(2)20(13)17(21)11-24-18(22)12-23-16-8-6-15(10-19)7-9-16/h6-9,13-14H,3-5,11-12H2,1-2H3/t13-,14-/m1/s1. The van der Waals surface area contributed by atoms with Crippen LogP contribution in [0.3, 0.4) is 0 Å². The van der Waals surface area contributed by atoms with Gasteiger partial charge in [0, 0.05) is 12.1 Å². The van der Waals surface area contributed by atoms with Crippen LogP contribution in [0.15, 0.2) is 24.3 Å². The molecule has 0 N–H and O–H groups in total. The normalized spacial score (nSPS) is 20.1. The second-order valence-corrected chi connectivity index (χ2v) is 6.02. The number of esters is 1. The Kier molecular flexibility index (Phi) is 6.19. The minimum atomic E-state index is -0.593. The number of amides is 1. The molecule has 1 heterocycles. The van der Waals surface area contributed by atoms with Crippen LogP contribution in [-0.4, -0.2) is 42.1 Å². The van der Waals surface area contributed by atoms with Crippen molar-refractivity contribution in [2.45, 2.75) is 45.2 Å². The lowest BCUT2D eigenvalue weighted by Gasteiger charge is -2.38. The molecule has 0 aliphatic carbocycles. The summed E-state index contributed by atoms with van der Waals surface area (Å²) in [6, 6.07) is 8.76. The Balaban J connectivity index is 1.76. The quantitative estimate of drug-likeness (QED) is 0.774. The zero-order valence-corrected chi connectivity index (χ0v) is 14.0. The van der Waals surface area contributed by atoms with Gasteiger partial charge in [0.15, 0.2) is 13.2 Å². The summed E-state index contributed by atoms with van der Waals surface area (Å²) in [6.45, 7) is 3.50. The summed E-state index contributed by atoms with van der Waals surface area (Å²) in [7, 11) is 0. The fourth-order valence-electron chi connectivity index (χ4n) is 2.94. The van der Waals surface area contributed by atoms with Gasteiger partial charge in [-0.2, -0.15) is 5.26 Å². The topological polar surface area (TPSA) is 79.6 Å². The third kappa shape index (κ3) is 4.72. The number of hydrogen-bond acceptors (Lipinski definition) is 5. The van der Waals surface area contributed by atoms with E-state index in [0.717, 1.165) is 19.3 Å². The zero-order valence-electron chi connectivity index (χ0n) is 14.0. The molecule has 0 spiro atoms. The van der Waals surface area contributed by atoms with Crippen molar-refractivity contribution in [3.8, 4) is 11.8 Å². The van der Waals surface area contributed by atoms with Gasteiger partial charge in [0.2, 0.25) is 0 Å². The van der Waals surface area contributed by atoms with E-state index in [4.69, 9.17) is 14.7 Å². The number of nitrogens with zero attached hydrogens (tertiary/aromatic N) is 2. The predicted molar refractivity (Wildman–Crippen MR) is 87.2 cm³/mol. The van der Waals surface area contributed by atoms with Gasteiger partial charge in [-0.3, -0.25) is 4.79 Å². The molecule has 1 aromatic rings. The highest BCUT2D eigenvalue weighted by Crippen LogP contribution is 2.22. The van der Waals surface area contributed by atoms with Crippen LogP contribution in [0.5, 0.6) is 5.75 Å². The summed E-state index contributed by atoms with van der Waals surface area (Å²) >= 11 is 0. The van der Waals surface area contributed by atoms with Crippen molar-refractivity contribution < 1.29 is 19.1 Å². The van der Waals surface area contributed by atoms with E-state index in [9.17, 15) is 9.59 Å². The van der Waals surface area contributed by atoms with E-state index in [1.54, 1.807) is 29.2 Å². The van der Waals surface area contributed by atoms with Crippen LogP contribution in [-0.2, 0) is 14.3 Å². The highest BCUT2D eigenvalue weighted by molar-refractivity contribution is 5.81. The minimum absolute atomic E-state index is 0.165. The molecule has 1 aliphatic rings. The van der Waals surface area contributed by atoms with E-state index in [0.29, 0.717) is 11.3 Å². The monoisotopic (exact) mass is 330 g/mol. The van der Waals surface area contributed by atoms with Gasteiger partial charge in [0.05, 0.1) is 11.6 Å². The number of likely N-dealkylation sites (tertiary alicyclic amines) is 1. The molecule has 0 bridgehead atoms. The van der Waals surface area contributed by atoms with Gasteiger partial charge in [0.25, 0.3) is 5.91 Å². The Hall–Kier alpha value is -2.55. The van der Waals surface area contributed by atoms with Gasteiger partial charge >= 0.3 is 5.97 Å². The van der Waals surface area contributed by atoms with Crippen LogP contribution in [0.1, 0.15) is 38.7 Å². The molecular weight excluding hydrogens is 308 g/mol. The van der Waals surface area contributed by atoms with Crippen LogP contribution >= 0.6 is 0 Å². The Labute approximate surface area is 142 Å². The number of benzene rings is 1. The number of ether oxygens (including phenoxy) is 2. The Morgan fingerprint density at radius 3 is 2.38 bits per heavy atom. The highest BCUT2D eigenvalue weighted by atomic mass is 16.6. The lowest BCUT2D eigenvalue weighted by atomic mass is 9.97. The van der Waals surface area contributed by atoms with Crippen molar-refractivity contribution in [2.75, 3.05) is 13.2 Å². The van der Waals surface area contributed by atoms with Crippen LogP contribution < -0.4 is 4.74 Å². The molecule has 2 atom stereocenters. The predicted octanol–water partition coefficient (Wildman–Crippen LogP) is 2.27. The fourth-order valence-corrected chi connectivity index (χ4v) is 2.94. The van der Waals surface area contributed by atoms with Crippen molar-refractivity contribution in [3.63, 3.8) is 0 Å². The molecule has 1 saturated heterocycles. The van der Waals surface area contributed by atoms with Crippen molar-refractivity contribution >= 4 is 11.9 Å². The van der Waals surface area contributed by atoms with Crippen LogP contribution in [0.2, 0.25) is 0 Å². The smallest absolute Gasteiger partial charge is 0.344 e. The molecular formula is C18H22N2O4. The van der Waals surface area contributed by atoms with Gasteiger partial charge < -0.3 is 14.4 Å². The fraction of sp³-hybridized carbons (Fsp3) is 0.500. The lowest BCUT2D eigenvalue weighted by molar-refractivity contribution is -0.156. The second kappa shape index (κ2) is 8.34. The molecule has 0 radical (unpaired) electrons. The summed E-state index contributed by atoms with van der Waals surface area (Å²) in [5, 5.41) is 8.71. The van der Waals surface area contributed by atoms with E-state index in [2.05, 4.69) is 0 Å². The maximum Gasteiger partial charge on any atom is 0.344 e. The summed E-state index contributed by atoms with van der Waals surface area (Å²) < 4.78 is 10.3. The van der Waals surface area contributed by atoms with Crippen molar-refractivity contribution in [1.82, 2.24) is 4.90 Å². The van der Waals surface area contributed by atoms with Gasteiger partial charge in [-0.25, -0.2) is 4.79 Å². The molecule has 1 amide bonds. The first kappa shape index (κ1) is 17.8. The average Bonchev–Trinajstić information content (AvgIpc) is 2.58. The van der Waals surface area contributed by atoms with Crippen molar-refractivity contribution in [3.05, 3.63) is 29.8 Å². The second-order valence-electron chi connectivity index (χ2n) is 6.02. The summed E-state index contributed by atoms with van der Waals surface area (Å²) in [5.74, 6) is -0.290. The number of piperidine rings is 1. The Morgan fingerprint density at radius 2 is 1.79 bits per heavy atom. The van der Waals surface area contributed by atoms with Crippen LogP contribution in [0, 0.1) is 11.3 Å². The summed E-state index contributed by atoms with van der Waals surface area (Å²) in [4.78, 5) is 25.8. The minimum Gasteiger partial charge on any atom is -0.482 e. The first-order chi connectivity index (χ1) is 11.5. The molecule has 128 valence electrons. The third-order valence-electron chi connectivity index (χ3n) is 4.18. The zero-order chi connectivity index (χ0) is 17.5. The van der Waals surface area contributed by atoms with E-state index in [-0.39, 0.29) is 31.2 Å². The molecule has 1 aromatic carbocycles. The number of hydrogen-bond donors (Lipinski definition) is 0. The molecule has 1 aliphatic heterocycles. The van der Waals surface area contributed by atoms with E-state index < -0.39 is 5.97 Å². The van der Waals surface area contributed by atoms with E-state index in [1.807, 2.05) is 19.9 Å². The summed E-state index contributed by atoms with van der Waals surface area (Å²) in [6.07, 6.45) is 3.07. The number of carbonyl (C=O) groups is 2. The van der Waals surface area contributed by atoms with Crippen molar-refractivity contribution in [2.24, 2.45) is 0 Å². The molecule has 24 heavy (non-hydrogen) atoms. The SMILES string of the molecule is C[C@@H]1CCC[C@@H](C)N1C(=O)COC(=O)COc1ccc(C#N)cc1. The average molecular weight is 330 g/mol. The first-order valence-electron chi connectivity index (χ1n) is 8.11.